The fourth-order valence-corrected chi connectivity index (χ4v) is 2.21. The number of rotatable bonds is 3. The second-order valence-electron chi connectivity index (χ2n) is 5.02. The molecule has 0 unspecified atom stereocenters. The maximum absolute atomic E-state index is 12.2. The maximum atomic E-state index is 12.2. The van der Waals surface area contributed by atoms with Crippen LogP contribution in [-0.4, -0.2) is 21.1 Å². The molecule has 0 spiro atoms. The Hall–Kier alpha value is -3.16. The van der Waals surface area contributed by atoms with Crippen LogP contribution in [0.4, 0.5) is 5.88 Å². The van der Waals surface area contributed by atoms with Gasteiger partial charge in [-0.25, -0.2) is 9.78 Å². The van der Waals surface area contributed by atoms with Gasteiger partial charge in [-0.3, -0.25) is 4.79 Å². The molecule has 8 heteroatoms. The van der Waals surface area contributed by atoms with Gasteiger partial charge in [0.1, 0.15) is 5.56 Å². The van der Waals surface area contributed by atoms with E-state index in [9.17, 15) is 9.59 Å². The van der Waals surface area contributed by atoms with Crippen LogP contribution in [0.15, 0.2) is 33.6 Å². The number of esters is 1. The van der Waals surface area contributed by atoms with Crippen LogP contribution in [0.25, 0.3) is 10.9 Å². The summed E-state index contributed by atoms with van der Waals surface area (Å²) in [6.45, 7) is 3.18. The van der Waals surface area contributed by atoms with E-state index in [4.69, 9.17) is 15.0 Å². The first-order chi connectivity index (χ1) is 11.0. The maximum Gasteiger partial charge on any atom is 0.346 e. The highest BCUT2D eigenvalue weighted by molar-refractivity contribution is 5.95. The van der Waals surface area contributed by atoms with Crippen LogP contribution >= 0.6 is 0 Å². The molecule has 1 aromatic carbocycles. The fraction of sp³-hybridized carbons (Fsp3) is 0.200. The van der Waals surface area contributed by atoms with Gasteiger partial charge in [-0.1, -0.05) is 17.3 Å². The molecule has 0 amide bonds. The predicted molar refractivity (Wildman–Crippen MR) is 81.8 cm³/mol. The summed E-state index contributed by atoms with van der Waals surface area (Å²) in [5.74, 6) is -0.557. The molecule has 0 bridgehead atoms. The quantitative estimate of drug-likeness (QED) is 0.705. The van der Waals surface area contributed by atoms with Crippen LogP contribution < -0.4 is 11.3 Å². The lowest BCUT2D eigenvalue weighted by Crippen LogP contribution is -2.18. The van der Waals surface area contributed by atoms with E-state index < -0.39 is 12.1 Å². The molecule has 3 N–H and O–H groups in total. The SMILES string of the molecule is Cc1noc(N)c1C(=O)O[C@@H](C)c1nc2ccccc2c(=O)[nH]1. The topological polar surface area (TPSA) is 124 Å². The van der Waals surface area contributed by atoms with Gasteiger partial charge < -0.3 is 20.0 Å². The number of nitrogens with two attached hydrogens (primary N) is 1. The van der Waals surface area contributed by atoms with E-state index in [1.165, 1.54) is 0 Å². The molecular weight excluding hydrogens is 300 g/mol. The third-order valence-electron chi connectivity index (χ3n) is 3.39. The Morgan fingerprint density at radius 1 is 1.39 bits per heavy atom. The zero-order chi connectivity index (χ0) is 16.6. The standard InChI is InChI=1S/C15H14N4O4/c1-7-11(12(16)23-19-7)15(21)22-8(2)13-17-10-6-4-3-5-9(10)14(20)18-13/h3-6,8H,16H2,1-2H3,(H,17,18,20)/t8-/m0/s1. The van der Waals surface area contributed by atoms with Gasteiger partial charge in [-0.15, -0.1) is 0 Å². The third kappa shape index (κ3) is 2.66. The largest absolute Gasteiger partial charge is 0.451 e. The van der Waals surface area contributed by atoms with Gasteiger partial charge in [0.15, 0.2) is 11.9 Å². The minimum Gasteiger partial charge on any atom is -0.451 e. The summed E-state index contributed by atoms with van der Waals surface area (Å²) in [4.78, 5) is 31.1. The first kappa shape index (κ1) is 14.8. The highest BCUT2D eigenvalue weighted by Gasteiger charge is 2.23. The van der Waals surface area contributed by atoms with Gasteiger partial charge in [-0.2, -0.15) is 0 Å². The van der Waals surface area contributed by atoms with Crippen LogP contribution in [-0.2, 0) is 4.74 Å². The van der Waals surface area contributed by atoms with Crippen LogP contribution in [0.5, 0.6) is 0 Å². The van der Waals surface area contributed by atoms with E-state index >= 15 is 0 Å². The number of ether oxygens (including phenoxy) is 1. The Morgan fingerprint density at radius 2 is 2.13 bits per heavy atom. The average molecular weight is 314 g/mol. The number of benzene rings is 1. The molecule has 2 aromatic heterocycles. The minimum atomic E-state index is -0.770. The van der Waals surface area contributed by atoms with E-state index in [1.807, 2.05) is 0 Å². The number of nitrogens with one attached hydrogen (secondary N) is 1. The number of H-pyrrole nitrogens is 1. The van der Waals surface area contributed by atoms with Crippen molar-refractivity contribution in [1.29, 1.82) is 0 Å². The Labute approximate surface area is 130 Å². The molecule has 1 atom stereocenters. The van der Waals surface area contributed by atoms with E-state index in [0.717, 1.165) is 0 Å². The fourth-order valence-electron chi connectivity index (χ4n) is 2.21. The second kappa shape index (κ2) is 5.56. The van der Waals surface area contributed by atoms with Crippen LogP contribution in [0.2, 0.25) is 0 Å². The molecule has 0 aliphatic carbocycles. The molecular formula is C15H14N4O4. The van der Waals surface area contributed by atoms with Crippen molar-refractivity contribution in [3.8, 4) is 0 Å². The summed E-state index contributed by atoms with van der Waals surface area (Å²) in [6.07, 6.45) is -0.770. The number of anilines is 1. The van der Waals surface area contributed by atoms with Crippen molar-refractivity contribution in [2.24, 2.45) is 0 Å². The number of carbonyl (C=O) groups is 1. The molecule has 0 fully saturated rings. The van der Waals surface area contributed by atoms with Gasteiger partial charge in [-0.05, 0) is 26.0 Å². The lowest BCUT2D eigenvalue weighted by atomic mass is 10.2. The zero-order valence-electron chi connectivity index (χ0n) is 12.5. The van der Waals surface area contributed by atoms with Crippen LogP contribution in [0.1, 0.15) is 34.9 Å². The van der Waals surface area contributed by atoms with Crippen molar-refractivity contribution >= 4 is 22.8 Å². The van der Waals surface area contributed by atoms with Crippen molar-refractivity contribution in [1.82, 2.24) is 15.1 Å². The van der Waals surface area contributed by atoms with E-state index in [0.29, 0.717) is 16.6 Å². The summed E-state index contributed by atoms with van der Waals surface area (Å²) in [6, 6.07) is 6.91. The molecule has 23 heavy (non-hydrogen) atoms. The van der Waals surface area contributed by atoms with E-state index in [1.54, 1.807) is 38.1 Å². The van der Waals surface area contributed by atoms with E-state index in [-0.39, 0.29) is 22.8 Å². The van der Waals surface area contributed by atoms with Gasteiger partial charge in [0, 0.05) is 0 Å². The highest BCUT2D eigenvalue weighted by atomic mass is 16.5. The zero-order valence-corrected chi connectivity index (χ0v) is 12.5. The number of aromatic nitrogens is 3. The normalized spacial score (nSPS) is 12.3. The van der Waals surface area contributed by atoms with Gasteiger partial charge in [0.2, 0.25) is 5.88 Å². The molecule has 2 heterocycles. The smallest absolute Gasteiger partial charge is 0.346 e. The Balaban J connectivity index is 1.90. The lowest BCUT2D eigenvalue weighted by molar-refractivity contribution is 0.0320. The summed E-state index contributed by atoms with van der Waals surface area (Å²) in [5, 5.41) is 4.06. The third-order valence-corrected chi connectivity index (χ3v) is 3.39. The van der Waals surface area contributed by atoms with Gasteiger partial charge in [0.25, 0.3) is 5.56 Å². The van der Waals surface area contributed by atoms with Gasteiger partial charge in [0.05, 0.1) is 16.6 Å². The lowest BCUT2D eigenvalue weighted by Gasteiger charge is -2.12. The minimum absolute atomic E-state index is 0.0694. The Morgan fingerprint density at radius 3 is 2.83 bits per heavy atom. The number of hydrogen-bond donors (Lipinski definition) is 2. The number of hydrogen-bond acceptors (Lipinski definition) is 7. The number of nitrogen functional groups attached to an aromatic ring is 1. The molecule has 8 nitrogen and oxygen atoms in total. The molecule has 3 rings (SSSR count). The molecule has 0 aliphatic rings. The molecule has 0 aliphatic heterocycles. The highest BCUT2D eigenvalue weighted by Crippen LogP contribution is 2.21. The van der Waals surface area contributed by atoms with Crippen molar-refractivity contribution in [2.45, 2.75) is 20.0 Å². The number of para-hydroxylation sites is 1. The molecule has 118 valence electrons. The van der Waals surface area contributed by atoms with Crippen molar-refractivity contribution in [3.05, 3.63) is 51.7 Å². The summed E-state index contributed by atoms with van der Waals surface area (Å²) in [5.41, 5.74) is 6.18. The van der Waals surface area contributed by atoms with Crippen molar-refractivity contribution in [3.63, 3.8) is 0 Å². The van der Waals surface area contributed by atoms with Crippen molar-refractivity contribution in [2.75, 3.05) is 5.73 Å². The van der Waals surface area contributed by atoms with Crippen molar-refractivity contribution < 1.29 is 14.1 Å². The monoisotopic (exact) mass is 314 g/mol. The Bertz CT molecular complexity index is 925. The number of fused-ring (bicyclic) bond motifs is 1. The van der Waals surface area contributed by atoms with Gasteiger partial charge >= 0.3 is 5.97 Å². The molecule has 0 radical (unpaired) electrons. The van der Waals surface area contributed by atoms with Crippen LogP contribution in [0.3, 0.4) is 0 Å². The second-order valence-corrected chi connectivity index (χ2v) is 5.02. The average Bonchev–Trinajstić information content (AvgIpc) is 2.86. The predicted octanol–water partition coefficient (Wildman–Crippen LogP) is 1.72. The first-order valence-corrected chi connectivity index (χ1v) is 6.89. The van der Waals surface area contributed by atoms with Crippen LogP contribution in [0, 0.1) is 6.92 Å². The summed E-state index contributed by atoms with van der Waals surface area (Å²) in [7, 11) is 0. The summed E-state index contributed by atoms with van der Waals surface area (Å²) < 4.78 is 10.0. The van der Waals surface area contributed by atoms with E-state index in [2.05, 4.69) is 15.1 Å². The molecule has 3 aromatic rings. The number of carbonyl (C=O) groups excluding carboxylic acids is 1. The molecule has 0 saturated carbocycles. The first-order valence-electron chi connectivity index (χ1n) is 6.89. The number of aryl methyl sites for hydroxylation is 1. The Kier molecular flexibility index (Phi) is 3.57. The number of nitrogens with zero attached hydrogens (tertiary/aromatic N) is 2. The number of aromatic amines is 1. The summed E-state index contributed by atoms with van der Waals surface area (Å²) >= 11 is 0. The molecule has 0 saturated heterocycles.